The molecule has 0 bridgehead atoms. The first-order valence-corrected chi connectivity index (χ1v) is 5.19. The minimum atomic E-state index is 0.177. The Labute approximate surface area is 80.6 Å². The largest absolute Gasteiger partial charge is 0.339 e. The number of hydrogen-bond donors (Lipinski definition) is 0. The third-order valence-electron chi connectivity index (χ3n) is 2.29. The number of hydrogen-bond acceptors (Lipinski definition) is 1. The predicted molar refractivity (Wildman–Crippen MR) is 54.4 cm³/mol. The molecule has 0 N–H and O–H groups in total. The van der Waals surface area contributed by atoms with Crippen molar-refractivity contribution in [2.45, 2.75) is 33.1 Å². The highest BCUT2D eigenvalue weighted by molar-refractivity contribution is 5.87. The van der Waals surface area contributed by atoms with Gasteiger partial charge in [-0.25, -0.2) is 0 Å². The van der Waals surface area contributed by atoms with Crippen LogP contribution in [0.15, 0.2) is 12.2 Å². The molecule has 2 nitrogen and oxygen atoms in total. The number of carbonyl (C=O) groups is 1. The number of carbonyl (C=O) groups excluding carboxylic acids is 1. The van der Waals surface area contributed by atoms with Crippen molar-refractivity contribution < 1.29 is 4.79 Å². The summed E-state index contributed by atoms with van der Waals surface area (Å²) in [6.07, 6.45) is 7.15. The van der Waals surface area contributed by atoms with E-state index in [0.717, 1.165) is 25.4 Å². The van der Waals surface area contributed by atoms with Gasteiger partial charge >= 0.3 is 0 Å². The molecule has 1 rings (SSSR count). The van der Waals surface area contributed by atoms with Crippen molar-refractivity contribution >= 4 is 5.91 Å². The maximum atomic E-state index is 11.5. The Balaban J connectivity index is 2.38. The van der Waals surface area contributed by atoms with Gasteiger partial charge < -0.3 is 4.90 Å². The highest BCUT2D eigenvalue weighted by Gasteiger charge is 2.25. The third-order valence-corrected chi connectivity index (χ3v) is 2.29. The molecule has 0 spiro atoms. The number of nitrogens with zero attached hydrogens (tertiary/aromatic N) is 1. The van der Waals surface area contributed by atoms with Crippen LogP contribution in [-0.2, 0) is 4.79 Å². The molecule has 0 atom stereocenters. The molecule has 0 aromatic rings. The van der Waals surface area contributed by atoms with Gasteiger partial charge in [-0.1, -0.05) is 13.0 Å². The van der Waals surface area contributed by atoms with Crippen LogP contribution in [-0.4, -0.2) is 23.9 Å². The Morgan fingerprint density at radius 1 is 1.54 bits per heavy atom. The molecule has 0 aromatic heterocycles. The van der Waals surface area contributed by atoms with Gasteiger partial charge in [0, 0.05) is 13.1 Å². The molecule has 0 radical (unpaired) electrons. The lowest BCUT2D eigenvalue weighted by atomic mass is 10.3. The molecule has 1 aliphatic rings. The van der Waals surface area contributed by atoms with E-state index < -0.39 is 0 Å². The average molecular weight is 181 g/mol. The van der Waals surface area contributed by atoms with Gasteiger partial charge in [0.2, 0.25) is 5.91 Å². The molecule has 0 unspecified atom stereocenters. The van der Waals surface area contributed by atoms with Gasteiger partial charge in [-0.2, -0.15) is 0 Å². The van der Waals surface area contributed by atoms with E-state index in [1.165, 1.54) is 12.8 Å². The highest BCUT2D eigenvalue weighted by Crippen LogP contribution is 2.29. The van der Waals surface area contributed by atoms with Gasteiger partial charge in [0.05, 0.1) is 0 Å². The zero-order valence-electron chi connectivity index (χ0n) is 8.62. The topological polar surface area (TPSA) is 20.3 Å². The van der Waals surface area contributed by atoms with Crippen LogP contribution in [0.25, 0.3) is 0 Å². The maximum absolute atomic E-state index is 11.5. The fourth-order valence-corrected chi connectivity index (χ4v) is 1.42. The molecule has 74 valence electrons. The van der Waals surface area contributed by atoms with Crippen LogP contribution in [0.2, 0.25) is 0 Å². The predicted octanol–water partition coefficient (Wildman–Crippen LogP) is 2.21. The molecule has 13 heavy (non-hydrogen) atoms. The van der Waals surface area contributed by atoms with E-state index in [0.29, 0.717) is 0 Å². The summed E-state index contributed by atoms with van der Waals surface area (Å²) >= 11 is 0. The van der Waals surface area contributed by atoms with Crippen molar-refractivity contribution in [1.82, 2.24) is 4.90 Å². The summed E-state index contributed by atoms with van der Waals surface area (Å²) in [6, 6.07) is 0. The minimum Gasteiger partial charge on any atom is -0.339 e. The fourth-order valence-electron chi connectivity index (χ4n) is 1.42. The summed E-state index contributed by atoms with van der Waals surface area (Å²) in [5.74, 6) is 0.969. The first kappa shape index (κ1) is 10.3. The smallest absolute Gasteiger partial charge is 0.246 e. The van der Waals surface area contributed by atoms with Crippen LogP contribution in [0.5, 0.6) is 0 Å². The normalized spacial score (nSPS) is 16.5. The Morgan fingerprint density at radius 3 is 2.69 bits per heavy atom. The minimum absolute atomic E-state index is 0.177. The van der Waals surface area contributed by atoms with Crippen LogP contribution in [0.3, 0.4) is 0 Å². The van der Waals surface area contributed by atoms with Gasteiger partial charge in [0.1, 0.15) is 0 Å². The van der Waals surface area contributed by atoms with Crippen molar-refractivity contribution in [3.63, 3.8) is 0 Å². The van der Waals surface area contributed by atoms with E-state index in [-0.39, 0.29) is 5.91 Å². The summed E-state index contributed by atoms with van der Waals surface area (Å²) < 4.78 is 0. The van der Waals surface area contributed by atoms with Crippen molar-refractivity contribution in [1.29, 1.82) is 0 Å². The first-order chi connectivity index (χ1) is 6.27. The second-order valence-corrected chi connectivity index (χ2v) is 3.73. The molecule has 1 saturated carbocycles. The first-order valence-electron chi connectivity index (χ1n) is 5.19. The maximum Gasteiger partial charge on any atom is 0.246 e. The van der Waals surface area contributed by atoms with Gasteiger partial charge in [0.15, 0.2) is 0 Å². The van der Waals surface area contributed by atoms with Crippen LogP contribution < -0.4 is 0 Å². The van der Waals surface area contributed by atoms with Crippen LogP contribution in [0.1, 0.15) is 33.1 Å². The third kappa shape index (κ3) is 3.62. The molecular formula is C11H19NO. The number of rotatable bonds is 5. The molecule has 1 amide bonds. The van der Waals surface area contributed by atoms with Crippen molar-refractivity contribution in [3.05, 3.63) is 12.2 Å². The number of amides is 1. The van der Waals surface area contributed by atoms with Gasteiger partial charge in [-0.05, 0) is 38.2 Å². The van der Waals surface area contributed by atoms with Gasteiger partial charge in [-0.3, -0.25) is 4.79 Å². The van der Waals surface area contributed by atoms with Crippen LogP contribution in [0.4, 0.5) is 0 Å². The summed E-state index contributed by atoms with van der Waals surface area (Å²) in [5.41, 5.74) is 0. The van der Waals surface area contributed by atoms with E-state index >= 15 is 0 Å². The summed E-state index contributed by atoms with van der Waals surface area (Å²) in [4.78, 5) is 13.5. The van der Waals surface area contributed by atoms with Gasteiger partial charge in [-0.15, -0.1) is 0 Å². The Bertz CT molecular complexity index is 194. The molecule has 0 aromatic carbocycles. The Kier molecular flexibility index (Phi) is 4.00. The zero-order chi connectivity index (χ0) is 9.68. The Hall–Kier alpha value is -0.790. The summed E-state index contributed by atoms with van der Waals surface area (Å²) in [7, 11) is 0. The molecule has 0 saturated heterocycles. The lowest BCUT2D eigenvalue weighted by molar-refractivity contribution is -0.126. The van der Waals surface area contributed by atoms with E-state index in [4.69, 9.17) is 0 Å². The molecule has 2 heteroatoms. The van der Waals surface area contributed by atoms with Gasteiger partial charge in [0.25, 0.3) is 0 Å². The second-order valence-electron chi connectivity index (χ2n) is 3.73. The highest BCUT2D eigenvalue weighted by atomic mass is 16.2. The van der Waals surface area contributed by atoms with E-state index in [1.54, 1.807) is 6.08 Å². The lowest BCUT2D eigenvalue weighted by Crippen LogP contribution is -2.32. The fraction of sp³-hybridized carbons (Fsp3) is 0.727. The molecule has 0 aliphatic heterocycles. The second kappa shape index (κ2) is 5.05. The molecular weight excluding hydrogens is 162 g/mol. The quantitative estimate of drug-likeness (QED) is 0.595. The SMILES string of the molecule is CC=CC(=O)N(CCC)CC1CC1. The summed E-state index contributed by atoms with van der Waals surface area (Å²) in [6.45, 7) is 5.87. The van der Waals surface area contributed by atoms with Crippen LogP contribution in [0, 0.1) is 5.92 Å². The van der Waals surface area contributed by atoms with Crippen molar-refractivity contribution in [2.75, 3.05) is 13.1 Å². The average Bonchev–Trinajstić information content (AvgIpc) is 2.88. The van der Waals surface area contributed by atoms with E-state index in [1.807, 2.05) is 17.9 Å². The molecule has 0 heterocycles. The monoisotopic (exact) mass is 181 g/mol. The summed E-state index contributed by atoms with van der Waals surface area (Å²) in [5, 5.41) is 0. The van der Waals surface area contributed by atoms with E-state index in [2.05, 4.69) is 6.92 Å². The number of allylic oxidation sites excluding steroid dienone is 1. The van der Waals surface area contributed by atoms with Crippen LogP contribution >= 0.6 is 0 Å². The standard InChI is InChI=1S/C11H19NO/c1-3-5-11(13)12(8-4-2)9-10-6-7-10/h3,5,10H,4,6-9H2,1-2H3. The zero-order valence-corrected chi connectivity index (χ0v) is 8.62. The Morgan fingerprint density at radius 2 is 2.23 bits per heavy atom. The van der Waals surface area contributed by atoms with E-state index in [9.17, 15) is 4.79 Å². The van der Waals surface area contributed by atoms with Crippen molar-refractivity contribution in [2.24, 2.45) is 5.92 Å². The molecule has 1 fully saturated rings. The van der Waals surface area contributed by atoms with Crippen molar-refractivity contribution in [3.8, 4) is 0 Å². The lowest BCUT2D eigenvalue weighted by Gasteiger charge is -2.20. The molecule has 1 aliphatic carbocycles.